The van der Waals surface area contributed by atoms with Crippen molar-refractivity contribution in [3.8, 4) is 6.07 Å². The molecule has 0 radical (unpaired) electrons. The number of rotatable bonds is 2. The maximum Gasteiger partial charge on any atom is 0.336 e. The first-order chi connectivity index (χ1) is 6.60. The van der Waals surface area contributed by atoms with Gasteiger partial charge in [0, 0.05) is 4.47 Å². The highest BCUT2D eigenvalue weighted by Crippen LogP contribution is 2.23. The van der Waals surface area contributed by atoms with Crippen molar-refractivity contribution in [2.24, 2.45) is 0 Å². The average molecular weight is 256 g/mol. The predicted octanol–water partition coefficient (Wildman–Crippen LogP) is 1.51. The van der Waals surface area contributed by atoms with Crippen LogP contribution in [-0.2, 0) is 6.61 Å². The summed E-state index contributed by atoms with van der Waals surface area (Å²) in [4.78, 5) is 10.7. The van der Waals surface area contributed by atoms with Crippen molar-refractivity contribution in [2.75, 3.05) is 0 Å². The van der Waals surface area contributed by atoms with Gasteiger partial charge in [-0.25, -0.2) is 4.79 Å². The van der Waals surface area contributed by atoms with Crippen LogP contribution in [-0.4, -0.2) is 16.2 Å². The van der Waals surface area contributed by atoms with Crippen LogP contribution in [0.4, 0.5) is 0 Å². The van der Waals surface area contributed by atoms with Gasteiger partial charge in [-0.1, -0.05) is 0 Å². The summed E-state index contributed by atoms with van der Waals surface area (Å²) in [5, 5.41) is 26.3. The van der Waals surface area contributed by atoms with E-state index in [2.05, 4.69) is 15.9 Å². The van der Waals surface area contributed by atoms with E-state index in [1.807, 2.05) is 6.07 Å². The molecule has 5 heteroatoms. The van der Waals surface area contributed by atoms with Crippen molar-refractivity contribution in [1.82, 2.24) is 0 Å². The van der Waals surface area contributed by atoms with Gasteiger partial charge in [0.15, 0.2) is 0 Å². The number of halogens is 1. The van der Waals surface area contributed by atoms with E-state index < -0.39 is 5.97 Å². The molecule has 0 heterocycles. The number of hydrogen-bond donors (Lipinski definition) is 2. The van der Waals surface area contributed by atoms with Crippen molar-refractivity contribution in [3.63, 3.8) is 0 Å². The SMILES string of the molecule is N#Cc1cc(CO)c(Br)c(C(=O)O)c1. The van der Waals surface area contributed by atoms with Crippen LogP contribution in [0.5, 0.6) is 0 Å². The Morgan fingerprint density at radius 1 is 1.57 bits per heavy atom. The van der Waals surface area contributed by atoms with Crippen LogP contribution in [0.15, 0.2) is 16.6 Å². The van der Waals surface area contributed by atoms with E-state index in [9.17, 15) is 4.79 Å². The molecule has 0 aromatic heterocycles. The highest BCUT2D eigenvalue weighted by Gasteiger charge is 2.13. The van der Waals surface area contributed by atoms with Crippen LogP contribution >= 0.6 is 15.9 Å². The molecule has 1 aromatic rings. The molecule has 0 amide bonds. The second-order valence-corrected chi connectivity index (χ2v) is 3.36. The van der Waals surface area contributed by atoms with Gasteiger partial charge < -0.3 is 10.2 Å². The van der Waals surface area contributed by atoms with Crippen molar-refractivity contribution in [1.29, 1.82) is 5.26 Å². The van der Waals surface area contributed by atoms with Gasteiger partial charge in [0.25, 0.3) is 0 Å². The Labute approximate surface area is 88.5 Å². The number of carbonyl (C=O) groups is 1. The highest BCUT2D eigenvalue weighted by atomic mass is 79.9. The normalized spacial score (nSPS) is 9.50. The molecule has 14 heavy (non-hydrogen) atoms. The summed E-state index contributed by atoms with van der Waals surface area (Å²) in [7, 11) is 0. The molecule has 1 rings (SSSR count). The zero-order valence-corrected chi connectivity index (χ0v) is 8.58. The monoisotopic (exact) mass is 255 g/mol. The van der Waals surface area contributed by atoms with Crippen LogP contribution in [0.1, 0.15) is 21.5 Å². The molecule has 0 saturated heterocycles. The molecule has 2 N–H and O–H groups in total. The summed E-state index contributed by atoms with van der Waals surface area (Å²) in [5.41, 5.74) is 0.587. The van der Waals surface area contributed by atoms with Crippen LogP contribution in [0, 0.1) is 11.3 Å². The molecular weight excluding hydrogens is 250 g/mol. The Bertz CT molecular complexity index is 423. The quantitative estimate of drug-likeness (QED) is 0.840. The highest BCUT2D eigenvalue weighted by molar-refractivity contribution is 9.10. The van der Waals surface area contributed by atoms with E-state index >= 15 is 0 Å². The molecule has 0 aliphatic carbocycles. The molecule has 0 fully saturated rings. The van der Waals surface area contributed by atoms with Gasteiger partial charge in [0.05, 0.1) is 23.8 Å². The predicted molar refractivity (Wildman–Crippen MR) is 51.7 cm³/mol. The lowest BCUT2D eigenvalue weighted by Crippen LogP contribution is -2.01. The Morgan fingerprint density at radius 2 is 2.21 bits per heavy atom. The van der Waals surface area contributed by atoms with Gasteiger partial charge in [-0.3, -0.25) is 0 Å². The number of aromatic carboxylic acids is 1. The minimum atomic E-state index is -1.14. The second-order valence-electron chi connectivity index (χ2n) is 2.57. The van der Waals surface area contributed by atoms with E-state index in [4.69, 9.17) is 15.5 Å². The summed E-state index contributed by atoms with van der Waals surface area (Å²) in [6.45, 7) is -0.309. The molecule has 0 saturated carbocycles. The lowest BCUT2D eigenvalue weighted by molar-refractivity contribution is 0.0695. The molecule has 4 nitrogen and oxygen atoms in total. The zero-order valence-electron chi connectivity index (χ0n) is 6.99. The lowest BCUT2D eigenvalue weighted by atomic mass is 10.1. The first kappa shape index (κ1) is 10.7. The first-order valence-corrected chi connectivity index (χ1v) is 4.46. The fraction of sp³-hybridized carbons (Fsp3) is 0.111. The molecule has 1 aromatic carbocycles. The van der Waals surface area contributed by atoms with E-state index in [1.54, 1.807) is 0 Å². The molecule has 0 aliphatic heterocycles. The standard InChI is InChI=1S/C9H6BrNO3/c10-8-6(4-12)1-5(3-11)2-7(8)9(13)14/h1-2,12H,4H2,(H,13,14). The van der Waals surface area contributed by atoms with Gasteiger partial charge >= 0.3 is 5.97 Å². The van der Waals surface area contributed by atoms with Gasteiger partial charge in [-0.15, -0.1) is 0 Å². The Balaban J connectivity index is 3.44. The molecule has 0 unspecified atom stereocenters. The number of benzene rings is 1. The number of nitriles is 1. The molecule has 72 valence electrons. The third kappa shape index (κ3) is 1.92. The van der Waals surface area contributed by atoms with Gasteiger partial charge in [0.1, 0.15) is 0 Å². The van der Waals surface area contributed by atoms with E-state index in [0.29, 0.717) is 10.0 Å². The van der Waals surface area contributed by atoms with Crippen molar-refractivity contribution in [2.45, 2.75) is 6.61 Å². The van der Waals surface area contributed by atoms with E-state index in [1.165, 1.54) is 12.1 Å². The Morgan fingerprint density at radius 3 is 2.64 bits per heavy atom. The lowest BCUT2D eigenvalue weighted by Gasteiger charge is -2.05. The first-order valence-electron chi connectivity index (χ1n) is 3.66. The summed E-state index contributed by atoms with van der Waals surface area (Å²) >= 11 is 3.06. The molecule has 0 aliphatic rings. The van der Waals surface area contributed by atoms with Crippen molar-refractivity contribution >= 4 is 21.9 Å². The third-order valence-electron chi connectivity index (χ3n) is 1.68. The van der Waals surface area contributed by atoms with E-state index in [-0.39, 0.29) is 17.7 Å². The van der Waals surface area contributed by atoms with Gasteiger partial charge in [-0.2, -0.15) is 5.26 Å². The van der Waals surface area contributed by atoms with Crippen LogP contribution in [0.25, 0.3) is 0 Å². The molecule has 0 atom stereocenters. The van der Waals surface area contributed by atoms with Crippen LogP contribution in [0.3, 0.4) is 0 Å². The third-order valence-corrected chi connectivity index (χ3v) is 2.61. The zero-order chi connectivity index (χ0) is 10.7. The Kier molecular flexibility index (Phi) is 3.23. The molecular formula is C9H6BrNO3. The smallest absolute Gasteiger partial charge is 0.336 e. The number of carboxylic acids is 1. The topological polar surface area (TPSA) is 81.3 Å². The van der Waals surface area contributed by atoms with Crippen molar-refractivity contribution in [3.05, 3.63) is 33.3 Å². The maximum absolute atomic E-state index is 10.7. The summed E-state index contributed by atoms with van der Waals surface area (Å²) in [6, 6.07) is 4.53. The minimum absolute atomic E-state index is 0.0203. The number of aliphatic hydroxyl groups is 1. The molecule has 0 spiro atoms. The van der Waals surface area contributed by atoms with Crippen molar-refractivity contribution < 1.29 is 15.0 Å². The summed E-state index contributed by atoms with van der Waals surface area (Å²) in [5.74, 6) is -1.14. The van der Waals surface area contributed by atoms with Gasteiger partial charge in [0.2, 0.25) is 0 Å². The summed E-state index contributed by atoms with van der Waals surface area (Å²) in [6.07, 6.45) is 0. The Hall–Kier alpha value is -1.38. The molecule has 0 bridgehead atoms. The van der Waals surface area contributed by atoms with Crippen LogP contribution < -0.4 is 0 Å². The number of hydrogen-bond acceptors (Lipinski definition) is 3. The van der Waals surface area contributed by atoms with E-state index in [0.717, 1.165) is 0 Å². The number of carboxylic acid groups (broad SMARTS) is 1. The van der Waals surface area contributed by atoms with Crippen LogP contribution in [0.2, 0.25) is 0 Å². The fourth-order valence-electron chi connectivity index (χ4n) is 1.02. The maximum atomic E-state index is 10.7. The van der Waals surface area contributed by atoms with Gasteiger partial charge in [-0.05, 0) is 33.6 Å². The fourth-order valence-corrected chi connectivity index (χ4v) is 1.54. The summed E-state index contributed by atoms with van der Waals surface area (Å²) < 4.78 is 0.312. The average Bonchev–Trinajstić information content (AvgIpc) is 2.17. The second kappa shape index (κ2) is 4.22. The largest absolute Gasteiger partial charge is 0.478 e. The number of aliphatic hydroxyl groups excluding tert-OH is 1. The minimum Gasteiger partial charge on any atom is -0.478 e. The number of nitrogens with zero attached hydrogens (tertiary/aromatic N) is 1.